The van der Waals surface area contributed by atoms with Gasteiger partial charge in [0.25, 0.3) is 5.91 Å². The molecule has 1 unspecified atom stereocenters. The van der Waals surface area contributed by atoms with Crippen molar-refractivity contribution >= 4 is 40.0 Å². The van der Waals surface area contributed by atoms with Gasteiger partial charge in [-0.15, -0.1) is 0 Å². The number of amides is 1. The van der Waals surface area contributed by atoms with E-state index >= 15 is 0 Å². The number of thioether (sulfide) groups is 1. The standard InChI is InChI=1S/C24H20F3N5O2S/c1-30-14-31(15-35-24(25,26)27)22-20(23(30)33)21(17-9-11-28-12-10-17)32(34,29-22)13-18-7-4-6-16-5-2-3-8-19(16)18/h2-12H,13-15H2,1H3. The van der Waals surface area contributed by atoms with Crippen LogP contribution in [0.15, 0.2) is 77.7 Å². The number of benzene rings is 2. The van der Waals surface area contributed by atoms with Crippen molar-refractivity contribution in [3.05, 3.63) is 88.9 Å². The predicted octanol–water partition coefficient (Wildman–Crippen LogP) is 4.73. The van der Waals surface area contributed by atoms with Gasteiger partial charge in [0.1, 0.15) is 6.54 Å². The van der Waals surface area contributed by atoms with Crippen LogP contribution < -0.4 is 0 Å². The van der Waals surface area contributed by atoms with Gasteiger partial charge >= 0.3 is 5.51 Å². The smallest absolute Gasteiger partial charge is 0.443 e. The Balaban J connectivity index is 1.66. The number of quaternary nitrogens is 1. The van der Waals surface area contributed by atoms with E-state index in [1.807, 2.05) is 42.5 Å². The highest BCUT2D eigenvalue weighted by molar-refractivity contribution is 8.00. The van der Waals surface area contributed by atoms with Crippen LogP contribution in [0.1, 0.15) is 11.1 Å². The van der Waals surface area contributed by atoms with Crippen molar-refractivity contribution in [2.24, 2.45) is 5.10 Å². The van der Waals surface area contributed by atoms with Crippen LogP contribution in [0.5, 0.6) is 0 Å². The number of halogens is 3. The van der Waals surface area contributed by atoms with Crippen LogP contribution in [0.25, 0.3) is 16.5 Å². The molecule has 3 aromatic rings. The molecule has 7 nitrogen and oxygen atoms in total. The predicted molar refractivity (Wildman–Crippen MR) is 128 cm³/mol. The molecule has 2 aliphatic heterocycles. The van der Waals surface area contributed by atoms with Crippen LogP contribution in [0.4, 0.5) is 13.2 Å². The molecule has 0 radical (unpaired) electrons. The van der Waals surface area contributed by atoms with Gasteiger partial charge in [0.2, 0.25) is 5.84 Å². The number of likely N-dealkylation sites (N-methyl/N-ethyl adjacent to an activating group) is 1. The summed E-state index contributed by atoms with van der Waals surface area (Å²) in [5, 5.41) is 20.6. The number of rotatable bonds is 5. The highest BCUT2D eigenvalue weighted by Crippen LogP contribution is 2.42. The Morgan fingerprint density at radius 1 is 1.09 bits per heavy atom. The molecule has 35 heavy (non-hydrogen) atoms. The Hall–Kier alpha value is -3.41. The summed E-state index contributed by atoms with van der Waals surface area (Å²) in [5.41, 5.74) is -3.21. The maximum absolute atomic E-state index is 14.5. The van der Waals surface area contributed by atoms with Crippen molar-refractivity contribution in [2.75, 3.05) is 19.6 Å². The van der Waals surface area contributed by atoms with E-state index in [0.717, 1.165) is 10.8 Å². The molecule has 1 atom stereocenters. The monoisotopic (exact) mass is 499 g/mol. The Morgan fingerprint density at radius 2 is 1.80 bits per heavy atom. The third kappa shape index (κ3) is 4.38. The lowest BCUT2D eigenvalue weighted by atomic mass is 10.0. The second-order valence-electron chi connectivity index (χ2n) is 8.28. The van der Waals surface area contributed by atoms with Gasteiger partial charge in [0.15, 0.2) is 11.3 Å². The third-order valence-electron chi connectivity index (χ3n) is 5.91. The van der Waals surface area contributed by atoms with Crippen LogP contribution in [0.3, 0.4) is 0 Å². The summed E-state index contributed by atoms with van der Waals surface area (Å²) in [5.74, 6) is -0.981. The summed E-state index contributed by atoms with van der Waals surface area (Å²) in [7, 11) is 1.49. The van der Waals surface area contributed by atoms with E-state index in [0.29, 0.717) is 11.1 Å². The number of carbonyl (C=O) groups excluding carboxylic acids is 1. The van der Waals surface area contributed by atoms with Gasteiger partial charge in [-0.2, -0.15) is 17.9 Å². The number of alkyl halides is 3. The molecule has 1 aromatic heterocycles. The van der Waals surface area contributed by atoms with E-state index in [9.17, 15) is 23.2 Å². The van der Waals surface area contributed by atoms with Crippen molar-refractivity contribution < 1.29 is 22.7 Å². The van der Waals surface area contributed by atoms with Crippen LogP contribution in [-0.2, 0) is 11.3 Å². The number of fused-ring (bicyclic) bond motifs is 2. The Kier molecular flexibility index (Phi) is 5.78. The SMILES string of the molecule is CN1CN(CSC(F)(F)F)C2=N[N+]([O-])(Cc3cccc4ccccc34)C(c3ccncc3)=C2C1=O. The number of carbonyl (C=O) groups is 1. The molecule has 180 valence electrons. The van der Waals surface area contributed by atoms with Crippen LogP contribution in [0, 0.1) is 5.21 Å². The number of pyridine rings is 1. The number of hydroxylamine groups is 2. The number of hydrogen-bond acceptors (Lipinski definition) is 6. The summed E-state index contributed by atoms with van der Waals surface area (Å²) in [6.45, 7) is -0.245. The normalized spacial score (nSPS) is 20.5. The van der Waals surface area contributed by atoms with Crippen LogP contribution in [0.2, 0.25) is 0 Å². The number of nitrogens with zero attached hydrogens (tertiary/aromatic N) is 5. The first kappa shape index (κ1) is 23.3. The first-order valence-corrected chi connectivity index (χ1v) is 11.7. The van der Waals surface area contributed by atoms with Crippen molar-refractivity contribution in [2.45, 2.75) is 12.1 Å². The van der Waals surface area contributed by atoms with E-state index in [2.05, 4.69) is 10.1 Å². The lowest BCUT2D eigenvalue weighted by Gasteiger charge is -2.34. The molecule has 0 N–H and O–H groups in total. The zero-order valence-corrected chi connectivity index (χ0v) is 19.4. The summed E-state index contributed by atoms with van der Waals surface area (Å²) >= 11 is -0.239. The maximum atomic E-state index is 14.5. The van der Waals surface area contributed by atoms with E-state index in [1.54, 1.807) is 12.1 Å². The molecule has 0 aliphatic carbocycles. The molecule has 1 fully saturated rings. The maximum Gasteiger partial charge on any atom is 0.443 e. The van der Waals surface area contributed by atoms with E-state index < -0.39 is 22.0 Å². The lowest BCUT2D eigenvalue weighted by molar-refractivity contribution is -0.827. The van der Waals surface area contributed by atoms with E-state index in [-0.39, 0.29) is 42.1 Å². The first-order valence-electron chi connectivity index (χ1n) is 10.7. The Bertz CT molecular complexity index is 1360. The van der Waals surface area contributed by atoms with Crippen molar-refractivity contribution in [3.63, 3.8) is 0 Å². The molecule has 1 saturated heterocycles. The van der Waals surface area contributed by atoms with Gasteiger partial charge in [-0.1, -0.05) is 47.6 Å². The molecule has 0 bridgehead atoms. The second kappa shape index (κ2) is 8.67. The van der Waals surface area contributed by atoms with Crippen molar-refractivity contribution in [1.29, 1.82) is 0 Å². The largest absolute Gasteiger partial charge is 0.599 e. The second-order valence-corrected chi connectivity index (χ2v) is 9.29. The molecule has 2 aromatic carbocycles. The molecule has 3 heterocycles. The highest BCUT2D eigenvalue weighted by atomic mass is 32.2. The molecular formula is C24H20F3N5O2S. The first-order chi connectivity index (χ1) is 16.7. The minimum absolute atomic E-state index is 0.0166. The zero-order valence-electron chi connectivity index (χ0n) is 18.6. The summed E-state index contributed by atoms with van der Waals surface area (Å²) in [4.78, 5) is 19.9. The summed E-state index contributed by atoms with van der Waals surface area (Å²) in [6.07, 6.45) is 2.99. The van der Waals surface area contributed by atoms with Gasteiger partial charge in [-0.3, -0.25) is 9.78 Å². The molecule has 1 amide bonds. The van der Waals surface area contributed by atoms with Gasteiger partial charge in [0.05, 0.1) is 12.5 Å². The number of hydrogen-bond donors (Lipinski definition) is 0. The van der Waals surface area contributed by atoms with Crippen molar-refractivity contribution in [1.82, 2.24) is 14.8 Å². The van der Waals surface area contributed by atoms with Crippen molar-refractivity contribution in [3.8, 4) is 0 Å². The Morgan fingerprint density at radius 3 is 2.54 bits per heavy atom. The van der Waals surface area contributed by atoms with Gasteiger partial charge in [-0.05, 0) is 34.7 Å². The fourth-order valence-corrected chi connectivity index (χ4v) is 4.92. The quantitative estimate of drug-likeness (QED) is 0.375. The summed E-state index contributed by atoms with van der Waals surface area (Å²) in [6, 6.07) is 16.4. The molecule has 0 saturated carbocycles. The molecule has 11 heteroatoms. The molecule has 5 rings (SSSR count). The Labute approximate surface area is 203 Å². The van der Waals surface area contributed by atoms with Gasteiger partial charge < -0.3 is 15.0 Å². The minimum atomic E-state index is -4.47. The fraction of sp³-hybridized carbons (Fsp3) is 0.208. The topological polar surface area (TPSA) is 71.9 Å². The number of amidine groups is 1. The molecule has 0 spiro atoms. The zero-order chi connectivity index (χ0) is 24.8. The van der Waals surface area contributed by atoms with E-state index in [1.165, 1.54) is 29.2 Å². The van der Waals surface area contributed by atoms with Crippen LogP contribution >= 0.6 is 11.8 Å². The highest BCUT2D eigenvalue weighted by Gasteiger charge is 2.48. The van der Waals surface area contributed by atoms with E-state index in [4.69, 9.17) is 0 Å². The summed E-state index contributed by atoms with van der Waals surface area (Å²) < 4.78 is 37.7. The van der Waals surface area contributed by atoms with Gasteiger partial charge in [0, 0.05) is 30.6 Å². The lowest BCUT2D eigenvalue weighted by Crippen LogP contribution is -2.50. The number of aromatic nitrogens is 1. The van der Waals surface area contributed by atoms with Crippen LogP contribution in [-0.4, -0.2) is 56.4 Å². The van der Waals surface area contributed by atoms with Gasteiger partial charge in [-0.25, -0.2) is 0 Å². The average Bonchev–Trinajstić information content (AvgIpc) is 3.14. The third-order valence-corrected chi connectivity index (χ3v) is 6.68. The molecule has 2 aliphatic rings. The average molecular weight is 500 g/mol. The molecular weight excluding hydrogens is 479 g/mol. The fourth-order valence-electron chi connectivity index (χ4n) is 4.41. The minimum Gasteiger partial charge on any atom is -0.599 e.